The third-order valence-corrected chi connectivity index (χ3v) is 4.30. The molecule has 0 unspecified atom stereocenters. The van der Waals surface area contributed by atoms with Crippen LogP contribution in [0.4, 0.5) is 0 Å². The van der Waals surface area contributed by atoms with Gasteiger partial charge in [-0.15, -0.1) is 0 Å². The Balaban J connectivity index is 1.67. The Morgan fingerprint density at radius 3 is 2.79 bits per heavy atom. The first kappa shape index (κ1) is 12.5. The number of rotatable bonds is 3. The Bertz CT molecular complexity index is 467. The quantitative estimate of drug-likeness (QED) is 0.896. The molecule has 3 aliphatic heterocycles. The van der Waals surface area contributed by atoms with Crippen LogP contribution in [-0.2, 0) is 0 Å². The molecule has 4 rings (SSSR count). The van der Waals surface area contributed by atoms with Crippen molar-refractivity contribution in [2.45, 2.75) is 18.9 Å². The minimum absolute atomic E-state index is 0.0117. The number of ether oxygens (including phenoxy) is 1. The summed E-state index contributed by atoms with van der Waals surface area (Å²) in [5.41, 5.74) is 0.677. The summed E-state index contributed by atoms with van der Waals surface area (Å²) in [7, 11) is 1.62. The summed E-state index contributed by atoms with van der Waals surface area (Å²) in [5.74, 6) is 1.39. The minimum Gasteiger partial charge on any atom is -0.497 e. The predicted molar refractivity (Wildman–Crippen MR) is 73.4 cm³/mol. The average molecular weight is 260 g/mol. The lowest BCUT2D eigenvalue weighted by Crippen LogP contribution is -2.57. The van der Waals surface area contributed by atoms with Crippen LogP contribution in [-0.4, -0.2) is 43.6 Å². The normalized spacial score (nSPS) is 29.0. The summed E-state index contributed by atoms with van der Waals surface area (Å²) < 4.78 is 5.16. The van der Waals surface area contributed by atoms with Gasteiger partial charge in [0.2, 0.25) is 0 Å². The van der Waals surface area contributed by atoms with Crippen molar-refractivity contribution in [1.82, 2.24) is 10.2 Å². The van der Waals surface area contributed by atoms with Crippen LogP contribution in [0.2, 0.25) is 0 Å². The SMILES string of the molecule is COc1cccc(C(=O)N[C@H]2CN3CCC2CC3)c1. The maximum absolute atomic E-state index is 12.3. The van der Waals surface area contributed by atoms with Gasteiger partial charge in [-0.25, -0.2) is 0 Å². The second-order valence-electron chi connectivity index (χ2n) is 5.45. The van der Waals surface area contributed by atoms with Gasteiger partial charge in [0.15, 0.2) is 0 Å². The highest BCUT2D eigenvalue weighted by molar-refractivity contribution is 5.94. The third-order valence-electron chi connectivity index (χ3n) is 4.30. The number of amides is 1. The van der Waals surface area contributed by atoms with Gasteiger partial charge in [-0.05, 0) is 50.0 Å². The fourth-order valence-electron chi connectivity index (χ4n) is 3.14. The topological polar surface area (TPSA) is 41.6 Å². The number of carbonyl (C=O) groups is 1. The smallest absolute Gasteiger partial charge is 0.251 e. The number of hydrogen-bond acceptors (Lipinski definition) is 3. The summed E-state index contributed by atoms with van der Waals surface area (Å²) >= 11 is 0. The number of nitrogens with zero attached hydrogens (tertiary/aromatic N) is 1. The molecule has 3 fully saturated rings. The molecule has 0 radical (unpaired) electrons. The maximum atomic E-state index is 12.3. The van der Waals surface area contributed by atoms with Gasteiger partial charge in [-0.2, -0.15) is 0 Å². The molecule has 1 amide bonds. The van der Waals surface area contributed by atoms with Crippen LogP contribution in [0.1, 0.15) is 23.2 Å². The van der Waals surface area contributed by atoms with Gasteiger partial charge < -0.3 is 15.0 Å². The number of carbonyl (C=O) groups excluding carboxylic acids is 1. The number of hydrogen-bond donors (Lipinski definition) is 1. The van der Waals surface area contributed by atoms with E-state index in [9.17, 15) is 4.79 Å². The zero-order valence-corrected chi connectivity index (χ0v) is 11.3. The van der Waals surface area contributed by atoms with Crippen molar-refractivity contribution in [3.63, 3.8) is 0 Å². The van der Waals surface area contributed by atoms with E-state index in [0.29, 0.717) is 17.5 Å². The second-order valence-corrected chi connectivity index (χ2v) is 5.45. The zero-order chi connectivity index (χ0) is 13.2. The molecule has 1 N–H and O–H groups in total. The lowest BCUT2D eigenvalue weighted by atomic mass is 9.84. The standard InChI is InChI=1S/C15H20N2O2/c1-19-13-4-2-3-12(9-13)15(18)16-14-10-17-7-5-11(14)6-8-17/h2-4,9,11,14H,5-8,10H2,1H3,(H,16,18)/t14-/m0/s1. The number of fused-ring (bicyclic) bond motifs is 3. The molecule has 4 nitrogen and oxygen atoms in total. The van der Waals surface area contributed by atoms with E-state index in [4.69, 9.17) is 4.74 Å². The number of methoxy groups -OCH3 is 1. The molecule has 0 aromatic heterocycles. The van der Waals surface area contributed by atoms with Crippen molar-refractivity contribution in [1.29, 1.82) is 0 Å². The monoisotopic (exact) mass is 260 g/mol. The zero-order valence-electron chi connectivity index (χ0n) is 11.3. The molecular weight excluding hydrogens is 240 g/mol. The molecule has 0 aliphatic carbocycles. The molecule has 3 heterocycles. The largest absolute Gasteiger partial charge is 0.497 e. The molecule has 2 bridgehead atoms. The van der Waals surface area contributed by atoms with Crippen molar-refractivity contribution >= 4 is 5.91 Å². The molecule has 19 heavy (non-hydrogen) atoms. The van der Waals surface area contributed by atoms with E-state index in [1.54, 1.807) is 13.2 Å². The highest BCUT2D eigenvalue weighted by atomic mass is 16.5. The van der Waals surface area contributed by atoms with Gasteiger partial charge in [-0.1, -0.05) is 6.07 Å². The lowest BCUT2D eigenvalue weighted by molar-refractivity contribution is 0.0620. The van der Waals surface area contributed by atoms with Crippen LogP contribution >= 0.6 is 0 Å². The van der Waals surface area contributed by atoms with E-state index in [2.05, 4.69) is 10.2 Å². The van der Waals surface area contributed by atoms with Crippen molar-refractivity contribution in [2.24, 2.45) is 5.92 Å². The number of piperidine rings is 3. The molecule has 1 aromatic carbocycles. The molecule has 0 spiro atoms. The van der Waals surface area contributed by atoms with Crippen LogP contribution in [0.3, 0.4) is 0 Å². The van der Waals surface area contributed by atoms with Crippen molar-refractivity contribution < 1.29 is 9.53 Å². The minimum atomic E-state index is 0.0117. The maximum Gasteiger partial charge on any atom is 0.251 e. The Hall–Kier alpha value is -1.55. The van der Waals surface area contributed by atoms with Gasteiger partial charge in [0, 0.05) is 18.2 Å². The van der Waals surface area contributed by atoms with E-state index in [0.717, 1.165) is 12.3 Å². The third kappa shape index (κ3) is 2.59. The Morgan fingerprint density at radius 1 is 1.37 bits per heavy atom. The van der Waals surface area contributed by atoms with Crippen molar-refractivity contribution in [2.75, 3.05) is 26.7 Å². The molecule has 3 saturated heterocycles. The molecular formula is C15H20N2O2. The summed E-state index contributed by atoms with van der Waals surface area (Å²) in [6, 6.07) is 7.63. The number of nitrogens with one attached hydrogen (secondary N) is 1. The first-order chi connectivity index (χ1) is 9.26. The Labute approximate surface area is 113 Å². The van der Waals surface area contributed by atoms with Gasteiger partial charge in [0.05, 0.1) is 7.11 Å². The molecule has 102 valence electrons. The fourth-order valence-corrected chi connectivity index (χ4v) is 3.14. The first-order valence-corrected chi connectivity index (χ1v) is 6.93. The number of benzene rings is 1. The molecule has 1 aromatic rings. The summed E-state index contributed by atoms with van der Waals surface area (Å²) in [5, 5.41) is 3.18. The van der Waals surface area contributed by atoms with E-state index in [1.165, 1.54) is 25.9 Å². The summed E-state index contributed by atoms with van der Waals surface area (Å²) in [6.07, 6.45) is 2.42. The Kier molecular flexibility index (Phi) is 3.42. The van der Waals surface area contributed by atoms with Gasteiger partial charge in [-0.3, -0.25) is 4.79 Å². The highest BCUT2D eigenvalue weighted by Crippen LogP contribution is 2.27. The van der Waals surface area contributed by atoms with Crippen LogP contribution in [0.5, 0.6) is 5.75 Å². The molecule has 4 heteroatoms. The lowest BCUT2D eigenvalue weighted by Gasteiger charge is -2.44. The van der Waals surface area contributed by atoms with Crippen LogP contribution in [0.25, 0.3) is 0 Å². The van der Waals surface area contributed by atoms with Gasteiger partial charge in [0.25, 0.3) is 5.91 Å². The summed E-state index contributed by atoms with van der Waals surface area (Å²) in [4.78, 5) is 14.7. The molecule has 0 saturated carbocycles. The van der Waals surface area contributed by atoms with E-state index < -0.39 is 0 Å². The molecule has 1 atom stereocenters. The fraction of sp³-hybridized carbons (Fsp3) is 0.533. The van der Waals surface area contributed by atoms with Crippen LogP contribution < -0.4 is 10.1 Å². The van der Waals surface area contributed by atoms with Crippen molar-refractivity contribution in [3.8, 4) is 5.75 Å². The van der Waals surface area contributed by atoms with Gasteiger partial charge >= 0.3 is 0 Å². The van der Waals surface area contributed by atoms with Crippen molar-refractivity contribution in [3.05, 3.63) is 29.8 Å². The first-order valence-electron chi connectivity index (χ1n) is 6.93. The van der Waals surface area contributed by atoms with E-state index >= 15 is 0 Å². The Morgan fingerprint density at radius 2 is 2.16 bits per heavy atom. The van der Waals surface area contributed by atoms with E-state index in [1.807, 2.05) is 18.2 Å². The van der Waals surface area contributed by atoms with E-state index in [-0.39, 0.29) is 5.91 Å². The highest BCUT2D eigenvalue weighted by Gasteiger charge is 2.34. The van der Waals surface area contributed by atoms with Gasteiger partial charge in [0.1, 0.15) is 5.75 Å². The van der Waals surface area contributed by atoms with Crippen LogP contribution in [0.15, 0.2) is 24.3 Å². The molecule has 3 aliphatic rings. The average Bonchev–Trinajstić information content (AvgIpc) is 2.48. The van der Waals surface area contributed by atoms with Crippen LogP contribution in [0, 0.1) is 5.92 Å². The predicted octanol–water partition coefficient (Wildman–Crippen LogP) is 1.52. The second kappa shape index (κ2) is 5.21. The summed E-state index contributed by atoms with van der Waals surface area (Å²) in [6.45, 7) is 3.38.